The summed E-state index contributed by atoms with van der Waals surface area (Å²) in [5.41, 5.74) is 6.22. The van der Waals surface area contributed by atoms with Gasteiger partial charge < -0.3 is 15.7 Å². The second kappa shape index (κ2) is 4.78. The van der Waals surface area contributed by atoms with Crippen molar-refractivity contribution in [2.24, 2.45) is 23.5 Å². The van der Waals surface area contributed by atoms with E-state index in [4.69, 9.17) is 10.8 Å². The molecule has 5 nitrogen and oxygen atoms in total. The molecule has 0 saturated heterocycles. The molecule has 5 heteroatoms. The molecule has 0 aromatic carbocycles. The summed E-state index contributed by atoms with van der Waals surface area (Å²) in [7, 11) is 0. The van der Waals surface area contributed by atoms with Crippen molar-refractivity contribution in [3.63, 3.8) is 0 Å². The highest BCUT2D eigenvalue weighted by atomic mass is 16.4. The molecule has 4 atom stereocenters. The average molecular weight is 266 g/mol. The number of aliphatic carboxylic acids is 1. The maximum atomic E-state index is 12.7. The monoisotopic (exact) mass is 266 g/mol. The van der Waals surface area contributed by atoms with Crippen LogP contribution in [0.15, 0.2) is 0 Å². The Balaban J connectivity index is 1.68. The molecule has 0 radical (unpaired) electrons. The molecule has 3 rings (SSSR count). The highest BCUT2D eigenvalue weighted by molar-refractivity contribution is 5.81. The molecule has 3 aliphatic carbocycles. The zero-order chi connectivity index (χ0) is 13.6. The fraction of sp³-hybridized carbons (Fsp3) is 0.857. The Morgan fingerprint density at radius 2 is 1.84 bits per heavy atom. The molecule has 0 spiro atoms. The summed E-state index contributed by atoms with van der Waals surface area (Å²) in [5, 5.41) is 8.81. The average Bonchev–Trinajstić information content (AvgIpc) is 2.99. The maximum Gasteiger partial charge on any atom is 0.305 e. The lowest BCUT2D eigenvalue weighted by molar-refractivity contribution is -0.141. The lowest BCUT2D eigenvalue weighted by Gasteiger charge is -2.32. The van der Waals surface area contributed by atoms with Crippen LogP contribution >= 0.6 is 0 Å². The maximum absolute atomic E-state index is 12.7. The van der Waals surface area contributed by atoms with Crippen LogP contribution in [0, 0.1) is 17.8 Å². The Kier molecular flexibility index (Phi) is 3.25. The summed E-state index contributed by atoms with van der Waals surface area (Å²) in [6.45, 7) is 0.347. The predicted octanol–water partition coefficient (Wildman–Crippen LogP) is 0.826. The predicted molar refractivity (Wildman–Crippen MR) is 69.3 cm³/mol. The van der Waals surface area contributed by atoms with Crippen molar-refractivity contribution < 1.29 is 14.7 Å². The van der Waals surface area contributed by atoms with Crippen LogP contribution in [-0.2, 0) is 9.59 Å². The van der Waals surface area contributed by atoms with E-state index in [1.807, 2.05) is 0 Å². The molecule has 4 unspecified atom stereocenters. The summed E-state index contributed by atoms with van der Waals surface area (Å²) in [5.74, 6) is 0.199. The third-order valence-corrected chi connectivity index (χ3v) is 5.10. The van der Waals surface area contributed by atoms with Crippen LogP contribution in [-0.4, -0.2) is 40.5 Å². The van der Waals surface area contributed by atoms with Crippen LogP contribution in [0.3, 0.4) is 0 Å². The first-order valence-corrected chi connectivity index (χ1v) is 7.35. The van der Waals surface area contributed by atoms with E-state index in [0.717, 1.165) is 32.1 Å². The number of nitrogens with zero attached hydrogens (tertiary/aromatic N) is 1. The highest BCUT2D eigenvalue weighted by Crippen LogP contribution is 2.48. The summed E-state index contributed by atoms with van der Waals surface area (Å²) in [6, 6.07) is 0.274. The van der Waals surface area contributed by atoms with Crippen molar-refractivity contribution in [2.75, 3.05) is 6.54 Å². The van der Waals surface area contributed by atoms with Gasteiger partial charge in [0.05, 0.1) is 12.3 Å². The van der Waals surface area contributed by atoms with E-state index in [1.165, 1.54) is 0 Å². The minimum absolute atomic E-state index is 0.00247. The van der Waals surface area contributed by atoms with Gasteiger partial charge in [-0.25, -0.2) is 0 Å². The number of amides is 1. The van der Waals surface area contributed by atoms with Crippen molar-refractivity contribution in [1.82, 2.24) is 4.90 Å². The first kappa shape index (κ1) is 12.9. The van der Waals surface area contributed by atoms with Gasteiger partial charge in [-0.2, -0.15) is 0 Å². The van der Waals surface area contributed by atoms with Crippen molar-refractivity contribution in [2.45, 2.75) is 50.6 Å². The van der Waals surface area contributed by atoms with Crippen molar-refractivity contribution >= 4 is 11.9 Å². The summed E-state index contributed by atoms with van der Waals surface area (Å²) < 4.78 is 0. The van der Waals surface area contributed by atoms with Crippen LogP contribution in [0.2, 0.25) is 0 Å². The number of carbonyl (C=O) groups excluding carboxylic acids is 1. The van der Waals surface area contributed by atoms with Crippen molar-refractivity contribution in [3.05, 3.63) is 0 Å². The van der Waals surface area contributed by atoms with Gasteiger partial charge in [-0.1, -0.05) is 0 Å². The van der Waals surface area contributed by atoms with E-state index >= 15 is 0 Å². The molecule has 0 aromatic rings. The standard InChI is InChI=1S/C14H22N2O3/c15-13-9-2-1-8(7-9)12(13)14(19)16(10-3-4-10)6-5-11(17)18/h8-10,12-13H,1-7,15H2,(H,17,18). The number of rotatable bonds is 5. The molecule has 3 aliphatic rings. The number of carboxylic acid groups (broad SMARTS) is 1. The Labute approximate surface area is 113 Å². The zero-order valence-corrected chi connectivity index (χ0v) is 11.1. The van der Waals surface area contributed by atoms with E-state index in [-0.39, 0.29) is 30.3 Å². The van der Waals surface area contributed by atoms with Crippen LogP contribution < -0.4 is 5.73 Å². The van der Waals surface area contributed by atoms with E-state index in [0.29, 0.717) is 18.4 Å². The molecule has 0 aromatic heterocycles. The highest BCUT2D eigenvalue weighted by Gasteiger charge is 2.51. The van der Waals surface area contributed by atoms with Crippen LogP contribution in [0.25, 0.3) is 0 Å². The lowest BCUT2D eigenvalue weighted by Crippen LogP contribution is -2.48. The van der Waals surface area contributed by atoms with Crippen LogP contribution in [0.4, 0.5) is 0 Å². The third kappa shape index (κ3) is 2.36. The Morgan fingerprint density at radius 3 is 2.37 bits per heavy atom. The smallest absolute Gasteiger partial charge is 0.305 e. The van der Waals surface area contributed by atoms with Gasteiger partial charge in [-0.3, -0.25) is 9.59 Å². The zero-order valence-electron chi connectivity index (χ0n) is 11.1. The van der Waals surface area contributed by atoms with E-state index < -0.39 is 5.97 Å². The lowest BCUT2D eigenvalue weighted by atomic mass is 9.84. The van der Waals surface area contributed by atoms with Gasteiger partial charge in [-0.05, 0) is 43.9 Å². The van der Waals surface area contributed by atoms with Crippen molar-refractivity contribution in [3.8, 4) is 0 Å². The molecule has 3 fully saturated rings. The molecular weight excluding hydrogens is 244 g/mol. The fourth-order valence-corrected chi connectivity index (χ4v) is 3.97. The van der Waals surface area contributed by atoms with E-state index in [1.54, 1.807) is 4.90 Å². The van der Waals surface area contributed by atoms with E-state index in [2.05, 4.69) is 0 Å². The Hall–Kier alpha value is -1.10. The number of carbonyl (C=O) groups is 2. The SMILES string of the molecule is NC1C2CCC(C2)C1C(=O)N(CCC(=O)O)C1CC1. The van der Waals surface area contributed by atoms with Gasteiger partial charge in [0.25, 0.3) is 0 Å². The molecule has 0 aliphatic heterocycles. The van der Waals surface area contributed by atoms with Crippen molar-refractivity contribution in [1.29, 1.82) is 0 Å². The van der Waals surface area contributed by atoms with Gasteiger partial charge in [-0.15, -0.1) is 0 Å². The molecule has 3 N–H and O–H groups in total. The van der Waals surface area contributed by atoms with Crippen LogP contribution in [0.1, 0.15) is 38.5 Å². The van der Waals surface area contributed by atoms with Gasteiger partial charge in [0.15, 0.2) is 0 Å². The van der Waals surface area contributed by atoms with Gasteiger partial charge in [0.1, 0.15) is 0 Å². The molecular formula is C14H22N2O3. The largest absolute Gasteiger partial charge is 0.481 e. The second-order valence-electron chi connectivity index (χ2n) is 6.34. The molecule has 3 saturated carbocycles. The van der Waals surface area contributed by atoms with Gasteiger partial charge in [0, 0.05) is 18.6 Å². The molecule has 2 bridgehead atoms. The second-order valence-corrected chi connectivity index (χ2v) is 6.34. The number of fused-ring (bicyclic) bond motifs is 2. The normalized spacial score (nSPS) is 36.5. The topological polar surface area (TPSA) is 83.6 Å². The van der Waals surface area contributed by atoms with Gasteiger partial charge in [0.2, 0.25) is 5.91 Å². The fourth-order valence-electron chi connectivity index (χ4n) is 3.97. The third-order valence-electron chi connectivity index (χ3n) is 5.10. The number of hydrogen-bond donors (Lipinski definition) is 2. The minimum atomic E-state index is -0.837. The Bertz CT molecular complexity index is 392. The molecule has 0 heterocycles. The van der Waals surface area contributed by atoms with Crippen LogP contribution in [0.5, 0.6) is 0 Å². The van der Waals surface area contributed by atoms with E-state index in [9.17, 15) is 9.59 Å². The first-order chi connectivity index (χ1) is 9.08. The molecule has 19 heavy (non-hydrogen) atoms. The number of nitrogens with two attached hydrogens (primary N) is 1. The first-order valence-electron chi connectivity index (χ1n) is 7.35. The summed E-state index contributed by atoms with van der Waals surface area (Å²) >= 11 is 0. The quantitative estimate of drug-likeness (QED) is 0.772. The van der Waals surface area contributed by atoms with Gasteiger partial charge >= 0.3 is 5.97 Å². The molecule has 106 valence electrons. The Morgan fingerprint density at radius 1 is 1.16 bits per heavy atom. The number of hydrogen-bond acceptors (Lipinski definition) is 3. The summed E-state index contributed by atoms with van der Waals surface area (Å²) in [4.78, 5) is 25.2. The molecule has 1 amide bonds. The summed E-state index contributed by atoms with van der Waals surface area (Å²) in [6.07, 6.45) is 5.44. The number of carboxylic acids is 1. The minimum Gasteiger partial charge on any atom is -0.481 e.